The van der Waals surface area contributed by atoms with E-state index in [1.54, 1.807) is 0 Å². The van der Waals surface area contributed by atoms with E-state index in [4.69, 9.17) is 28.8 Å². The van der Waals surface area contributed by atoms with Gasteiger partial charge in [-0.1, -0.05) is 52.8 Å². The van der Waals surface area contributed by atoms with Crippen molar-refractivity contribution in [3.8, 4) is 0 Å². The number of carbonyl (C=O) groups is 4. The maximum atomic E-state index is 15.0. The largest absolute Gasteiger partial charge is 0.481 e. The van der Waals surface area contributed by atoms with Gasteiger partial charge in [0.15, 0.2) is 6.29 Å². The number of aliphatic hydroxyl groups excluding tert-OH is 8. The van der Waals surface area contributed by atoms with Gasteiger partial charge in [0.05, 0.1) is 31.2 Å². The number of esters is 2. The van der Waals surface area contributed by atoms with Crippen molar-refractivity contribution in [3.05, 3.63) is 23.8 Å². The van der Waals surface area contributed by atoms with E-state index < -0.39 is 151 Å². The minimum absolute atomic E-state index is 0.0608. The van der Waals surface area contributed by atoms with E-state index in [0.29, 0.717) is 44.9 Å². The van der Waals surface area contributed by atoms with E-state index in [9.17, 15) is 70.2 Å². The molecule has 20 heteroatoms. The van der Waals surface area contributed by atoms with Gasteiger partial charge in [0.2, 0.25) is 6.29 Å². The zero-order chi connectivity index (χ0) is 50.7. The van der Waals surface area contributed by atoms with Gasteiger partial charge in [0, 0.05) is 12.2 Å². The number of aliphatic hydroxyl groups is 9. The summed E-state index contributed by atoms with van der Waals surface area (Å²) in [7, 11) is 0. The number of hydrogen-bond acceptors (Lipinski definition) is 18. The van der Waals surface area contributed by atoms with E-state index in [-0.39, 0.29) is 42.3 Å². The summed E-state index contributed by atoms with van der Waals surface area (Å²) in [5.41, 5.74) is -4.35. The van der Waals surface area contributed by atoms with Crippen LogP contribution in [0.2, 0.25) is 0 Å². The summed E-state index contributed by atoms with van der Waals surface area (Å²) >= 11 is 0. The molecule has 0 spiro atoms. The quantitative estimate of drug-likeness (QED) is 0.0576. The number of carbonyl (C=O) groups excluding carboxylic acids is 2. The zero-order valence-electron chi connectivity index (χ0n) is 39.9. The van der Waals surface area contributed by atoms with Crippen LogP contribution in [0.5, 0.6) is 0 Å². The van der Waals surface area contributed by atoms with Crippen LogP contribution in [0.15, 0.2) is 23.8 Å². The van der Waals surface area contributed by atoms with E-state index in [0.717, 1.165) is 12.5 Å². The first-order valence-corrected chi connectivity index (χ1v) is 23.7. The molecule has 0 amide bonds. The van der Waals surface area contributed by atoms with Gasteiger partial charge < -0.3 is 79.9 Å². The van der Waals surface area contributed by atoms with E-state index >= 15 is 0 Å². The van der Waals surface area contributed by atoms with Crippen molar-refractivity contribution in [2.45, 2.75) is 185 Å². The van der Waals surface area contributed by atoms with Crippen LogP contribution in [0.3, 0.4) is 0 Å². The molecule has 2 saturated heterocycles. The minimum Gasteiger partial charge on any atom is -0.481 e. The highest BCUT2D eigenvalue weighted by Gasteiger charge is 2.71. The Morgan fingerprint density at radius 1 is 0.809 bits per heavy atom. The molecule has 6 rings (SSSR count). The Bertz CT molecular complexity index is 1940. The second kappa shape index (κ2) is 19.8. The number of aliphatic carboxylic acids is 2. The maximum Gasteiger partial charge on any atom is 0.331 e. The van der Waals surface area contributed by atoms with Crippen LogP contribution in [0.25, 0.3) is 0 Å². The zero-order valence-corrected chi connectivity index (χ0v) is 39.9. The third kappa shape index (κ3) is 9.78. The number of carboxylic acid groups (broad SMARTS) is 2. The molecule has 19 atom stereocenters. The summed E-state index contributed by atoms with van der Waals surface area (Å²) in [6.07, 6.45) is -14.7. The molecule has 0 bridgehead atoms. The Labute approximate surface area is 395 Å². The highest BCUT2D eigenvalue weighted by molar-refractivity contribution is 5.86. The third-order valence-electron chi connectivity index (χ3n) is 17.3. The normalized spacial score (nSPS) is 44.1. The van der Waals surface area contributed by atoms with Gasteiger partial charge in [0.1, 0.15) is 60.9 Å². The molecule has 11 N–H and O–H groups in total. The van der Waals surface area contributed by atoms with Crippen molar-refractivity contribution in [3.63, 3.8) is 0 Å². The number of fused-ring (bicyclic) bond motifs is 5. The van der Waals surface area contributed by atoms with Crippen LogP contribution in [-0.2, 0) is 42.9 Å². The second-order valence-electron chi connectivity index (χ2n) is 22.3. The lowest BCUT2D eigenvalue weighted by Gasteiger charge is -2.69. The molecular weight excluding hydrogens is 897 g/mol. The summed E-state index contributed by atoms with van der Waals surface area (Å²) in [4.78, 5) is 50.7. The molecule has 20 nitrogen and oxygen atoms in total. The molecule has 5 fully saturated rings. The van der Waals surface area contributed by atoms with Crippen LogP contribution in [0, 0.1) is 44.8 Å². The summed E-state index contributed by atoms with van der Waals surface area (Å²) in [5.74, 6) is -5.33. The number of allylic oxidation sites excluding steroid dienone is 2. The number of rotatable bonds is 16. The molecule has 2 aliphatic heterocycles. The Hall–Kier alpha value is -3.12. The van der Waals surface area contributed by atoms with Crippen LogP contribution >= 0.6 is 0 Å². The molecule has 386 valence electrons. The second-order valence-corrected chi connectivity index (χ2v) is 22.3. The predicted octanol–water partition coefficient (Wildman–Crippen LogP) is 0.686. The number of hydrogen-bond donors (Lipinski definition) is 11. The molecule has 0 aromatic heterocycles. The summed E-state index contributed by atoms with van der Waals surface area (Å²) < 4.78 is 28.2. The lowest BCUT2D eigenvalue weighted by Crippen LogP contribution is -2.67. The van der Waals surface area contributed by atoms with Gasteiger partial charge >= 0.3 is 23.9 Å². The first-order valence-electron chi connectivity index (χ1n) is 23.7. The number of ether oxygens (including phenoxy) is 5. The first-order chi connectivity index (χ1) is 31.5. The highest BCUT2D eigenvalue weighted by atomic mass is 16.7. The fraction of sp³-hybridized carbons (Fsp3) is 0.833. The van der Waals surface area contributed by atoms with Crippen LogP contribution in [0.1, 0.15) is 112 Å². The van der Waals surface area contributed by atoms with E-state index in [1.165, 1.54) is 0 Å². The summed E-state index contributed by atoms with van der Waals surface area (Å²) in [6.45, 7) is 14.2. The molecule has 0 unspecified atom stereocenters. The standard InChI is InChI=1S/C48H74O20/c1-23(39(60)61)24-11-13-46(6)29(45(24,5)12-8-16-49)10-9-25-26-17-43(2,3)14-15-48(26,30(50)18-47(25,46)7)42(62)68-41-38(59)36(57)34(55)28(67-41)22-65-40-37(58)35(56)33(54)27(66-40)21-64-32(53)20-44(4,63)19-31(51)52/h9,24,26-30,33-38,40-41,49-50,54-59,63H,1,8,10-22H2,2-7H3,(H,51,52)(H,60,61)/t24-,26-,27-,28-,29+,30+,33+,34+,35+,36+,37-,38-,40+,41+,44+,45-,46+,47-,48+/m1/s1. The van der Waals surface area contributed by atoms with E-state index in [2.05, 4.69) is 47.3 Å². The van der Waals surface area contributed by atoms with Crippen molar-refractivity contribution < 1.29 is 99.0 Å². The van der Waals surface area contributed by atoms with Gasteiger partial charge in [-0.3, -0.25) is 14.4 Å². The van der Waals surface area contributed by atoms with Crippen LogP contribution < -0.4 is 0 Å². The Morgan fingerprint density at radius 3 is 2.01 bits per heavy atom. The molecule has 0 radical (unpaired) electrons. The maximum absolute atomic E-state index is 15.0. The molecule has 6 aliphatic rings. The first kappa shape index (κ1) is 54.2. The van der Waals surface area contributed by atoms with Gasteiger partial charge in [-0.25, -0.2) is 4.79 Å². The van der Waals surface area contributed by atoms with Crippen molar-refractivity contribution in [1.29, 1.82) is 0 Å². The van der Waals surface area contributed by atoms with Crippen molar-refractivity contribution >= 4 is 23.9 Å². The lowest BCUT2D eigenvalue weighted by molar-refractivity contribution is -0.329. The fourth-order valence-corrected chi connectivity index (χ4v) is 13.3. The van der Waals surface area contributed by atoms with Crippen molar-refractivity contribution in [2.75, 3.05) is 19.8 Å². The Kier molecular flexibility index (Phi) is 15.8. The van der Waals surface area contributed by atoms with Crippen LogP contribution in [0.4, 0.5) is 0 Å². The monoisotopic (exact) mass is 970 g/mol. The summed E-state index contributed by atoms with van der Waals surface area (Å²) in [5, 5.41) is 117. The Morgan fingerprint density at radius 2 is 1.41 bits per heavy atom. The van der Waals surface area contributed by atoms with Gasteiger partial charge in [-0.2, -0.15) is 0 Å². The molecule has 0 aromatic carbocycles. The average molecular weight is 971 g/mol. The Balaban J connectivity index is 1.21. The fourth-order valence-electron chi connectivity index (χ4n) is 13.3. The lowest BCUT2D eigenvalue weighted by atomic mass is 9.35. The minimum atomic E-state index is -1.98. The predicted molar refractivity (Wildman–Crippen MR) is 234 cm³/mol. The van der Waals surface area contributed by atoms with Gasteiger partial charge in [-0.05, 0) is 104 Å². The van der Waals surface area contributed by atoms with Crippen molar-refractivity contribution in [2.24, 2.45) is 44.8 Å². The average Bonchev–Trinajstić information content (AvgIpc) is 3.24. The third-order valence-corrected chi connectivity index (χ3v) is 17.3. The van der Waals surface area contributed by atoms with Gasteiger partial charge in [0.25, 0.3) is 0 Å². The SMILES string of the molecule is C=C(C(=O)O)[C@H]1CC[C@@]2(C)[C@@H](CC=C3[C@H]4CC(C)(C)CC[C@@]4(C(=O)O[C@@H]4O[C@H](CO[C@H]5O[C@H](COC(=O)C[C@@](C)(O)CC(=O)O)[C@H](O)[C@H](O)[C@H]5O)[C@H](O)[C@H](O)[C@H]4O)[C@@H](O)C[C@]32C)[C@]1(C)CCCO. The molecule has 4 aliphatic carbocycles. The molecular formula is C48H74O20. The molecule has 0 aromatic rings. The van der Waals surface area contributed by atoms with Gasteiger partial charge in [-0.15, -0.1) is 0 Å². The summed E-state index contributed by atoms with van der Waals surface area (Å²) in [6, 6.07) is 0. The molecule has 2 heterocycles. The smallest absolute Gasteiger partial charge is 0.331 e. The molecule has 3 saturated carbocycles. The highest BCUT2D eigenvalue weighted by Crippen LogP contribution is 2.74. The number of carboxylic acids is 2. The van der Waals surface area contributed by atoms with Crippen LogP contribution in [-0.4, -0.2) is 173 Å². The van der Waals surface area contributed by atoms with E-state index in [1.807, 2.05) is 0 Å². The molecule has 68 heavy (non-hydrogen) atoms. The topological polar surface area (TPSA) is 337 Å². The van der Waals surface area contributed by atoms with Crippen molar-refractivity contribution in [1.82, 2.24) is 0 Å².